The normalized spacial score (nSPS) is 16.5. The summed E-state index contributed by atoms with van der Waals surface area (Å²) >= 11 is 0. The van der Waals surface area contributed by atoms with Gasteiger partial charge in [-0.25, -0.2) is 8.78 Å². The number of nitrogens with zero attached hydrogens (tertiary/aromatic N) is 1. The van der Waals surface area contributed by atoms with Crippen LogP contribution in [0.25, 0.3) is 11.1 Å². The van der Waals surface area contributed by atoms with Crippen molar-refractivity contribution in [1.29, 1.82) is 0 Å². The van der Waals surface area contributed by atoms with Crippen molar-refractivity contribution in [3.8, 4) is 16.9 Å². The van der Waals surface area contributed by atoms with Gasteiger partial charge < -0.3 is 9.84 Å². The summed E-state index contributed by atoms with van der Waals surface area (Å²) in [4.78, 5) is 4.35. The lowest BCUT2D eigenvalue weighted by atomic mass is 10.0. The van der Waals surface area contributed by atoms with Crippen LogP contribution in [0.3, 0.4) is 0 Å². The molecule has 1 unspecified atom stereocenters. The van der Waals surface area contributed by atoms with E-state index in [9.17, 15) is 13.9 Å². The second kappa shape index (κ2) is 6.69. The lowest BCUT2D eigenvalue weighted by Gasteiger charge is -2.09. The van der Waals surface area contributed by atoms with Crippen molar-refractivity contribution in [1.82, 2.24) is 0 Å². The van der Waals surface area contributed by atoms with Crippen LogP contribution in [0.4, 0.5) is 8.78 Å². The number of rotatable bonds is 3. The maximum absolute atomic E-state index is 13.9. The Balaban J connectivity index is 1.59. The Morgan fingerprint density at radius 2 is 1.35 bits per heavy atom. The average Bonchev–Trinajstić information content (AvgIpc) is 3.12. The Kier molecular flexibility index (Phi) is 4.22. The highest BCUT2D eigenvalue weighted by Gasteiger charge is 2.26. The Bertz CT molecular complexity index is 946. The standard InChI is InChI=1S/C21H15F2NO2/c22-17-2-1-3-18(23)20(17)21-24-19(12-26-21)15-6-4-13(5-7-15)14-8-10-16(25)11-9-14/h1-11,21,25H,12H2. The third-order valence-corrected chi connectivity index (χ3v) is 4.32. The van der Waals surface area contributed by atoms with Gasteiger partial charge in [0.2, 0.25) is 0 Å². The first-order chi connectivity index (χ1) is 12.6. The van der Waals surface area contributed by atoms with E-state index in [-0.39, 0.29) is 17.9 Å². The van der Waals surface area contributed by atoms with Gasteiger partial charge >= 0.3 is 0 Å². The van der Waals surface area contributed by atoms with Gasteiger partial charge in [0.15, 0.2) is 6.23 Å². The van der Waals surface area contributed by atoms with Crippen molar-refractivity contribution in [2.75, 3.05) is 6.61 Å². The van der Waals surface area contributed by atoms with Crippen molar-refractivity contribution >= 4 is 5.71 Å². The predicted molar refractivity (Wildman–Crippen MR) is 95.1 cm³/mol. The molecule has 0 bridgehead atoms. The van der Waals surface area contributed by atoms with Crippen LogP contribution in [0.5, 0.6) is 5.75 Å². The van der Waals surface area contributed by atoms with Crippen LogP contribution in [-0.4, -0.2) is 17.4 Å². The summed E-state index contributed by atoms with van der Waals surface area (Å²) in [7, 11) is 0. The minimum atomic E-state index is -0.969. The van der Waals surface area contributed by atoms with Crippen LogP contribution in [0.15, 0.2) is 71.7 Å². The number of halogens is 2. The molecule has 0 spiro atoms. The highest BCUT2D eigenvalue weighted by molar-refractivity contribution is 6.02. The smallest absolute Gasteiger partial charge is 0.180 e. The number of hydrogen-bond acceptors (Lipinski definition) is 3. The summed E-state index contributed by atoms with van der Waals surface area (Å²) in [6.07, 6.45) is -0.969. The van der Waals surface area contributed by atoms with Crippen molar-refractivity contribution in [3.63, 3.8) is 0 Å². The molecular weight excluding hydrogens is 336 g/mol. The molecule has 3 aromatic rings. The molecule has 0 fully saturated rings. The minimum Gasteiger partial charge on any atom is -0.508 e. The van der Waals surface area contributed by atoms with Gasteiger partial charge in [0, 0.05) is 0 Å². The van der Waals surface area contributed by atoms with Crippen LogP contribution in [0.1, 0.15) is 17.4 Å². The van der Waals surface area contributed by atoms with E-state index in [1.54, 1.807) is 12.1 Å². The zero-order valence-corrected chi connectivity index (χ0v) is 13.7. The fraction of sp³-hybridized carbons (Fsp3) is 0.0952. The number of ether oxygens (including phenoxy) is 1. The third kappa shape index (κ3) is 3.09. The van der Waals surface area contributed by atoms with E-state index in [1.807, 2.05) is 36.4 Å². The van der Waals surface area contributed by atoms with Crippen molar-refractivity contribution in [2.24, 2.45) is 4.99 Å². The van der Waals surface area contributed by atoms with Gasteiger partial charge in [-0.1, -0.05) is 42.5 Å². The van der Waals surface area contributed by atoms with Gasteiger partial charge in [0.1, 0.15) is 17.4 Å². The first-order valence-electron chi connectivity index (χ1n) is 8.14. The summed E-state index contributed by atoms with van der Waals surface area (Å²) in [6, 6.07) is 18.3. The Morgan fingerprint density at radius 3 is 1.96 bits per heavy atom. The molecule has 1 atom stereocenters. The average molecular weight is 351 g/mol. The molecule has 1 heterocycles. The first kappa shape index (κ1) is 16.4. The van der Waals surface area contributed by atoms with E-state index in [1.165, 1.54) is 18.2 Å². The third-order valence-electron chi connectivity index (χ3n) is 4.32. The summed E-state index contributed by atoms with van der Waals surface area (Å²) in [5.74, 6) is -1.11. The molecule has 0 aromatic heterocycles. The van der Waals surface area contributed by atoms with Gasteiger partial charge in [-0.2, -0.15) is 0 Å². The lowest BCUT2D eigenvalue weighted by molar-refractivity contribution is 0.104. The van der Waals surface area contributed by atoms with E-state index in [0.29, 0.717) is 5.71 Å². The van der Waals surface area contributed by atoms with Crippen LogP contribution in [0, 0.1) is 11.6 Å². The highest BCUT2D eigenvalue weighted by Crippen LogP contribution is 2.30. The van der Waals surface area contributed by atoms with Gasteiger partial charge in [-0.3, -0.25) is 4.99 Å². The van der Waals surface area contributed by atoms with Crippen LogP contribution >= 0.6 is 0 Å². The summed E-state index contributed by atoms with van der Waals surface area (Å²) < 4.78 is 33.3. The zero-order chi connectivity index (χ0) is 18.1. The van der Waals surface area contributed by atoms with E-state index in [0.717, 1.165) is 16.7 Å². The quantitative estimate of drug-likeness (QED) is 0.732. The number of hydrogen-bond donors (Lipinski definition) is 1. The second-order valence-corrected chi connectivity index (χ2v) is 6.00. The number of benzene rings is 3. The van der Waals surface area contributed by atoms with Gasteiger partial charge in [-0.15, -0.1) is 0 Å². The maximum Gasteiger partial charge on any atom is 0.180 e. The molecule has 3 aromatic carbocycles. The zero-order valence-electron chi connectivity index (χ0n) is 13.7. The molecule has 3 nitrogen and oxygen atoms in total. The van der Waals surface area contributed by atoms with Crippen molar-refractivity contribution in [3.05, 3.63) is 89.5 Å². The molecule has 0 saturated carbocycles. The van der Waals surface area contributed by atoms with E-state index < -0.39 is 17.9 Å². The van der Waals surface area contributed by atoms with Crippen LogP contribution in [-0.2, 0) is 4.74 Å². The molecule has 130 valence electrons. The first-order valence-corrected chi connectivity index (χ1v) is 8.14. The van der Waals surface area contributed by atoms with Crippen LogP contribution < -0.4 is 0 Å². The summed E-state index contributed by atoms with van der Waals surface area (Å²) in [5.41, 5.74) is 3.29. The van der Waals surface area contributed by atoms with Crippen molar-refractivity contribution < 1.29 is 18.6 Å². The monoisotopic (exact) mass is 351 g/mol. The fourth-order valence-electron chi connectivity index (χ4n) is 2.94. The Labute approximate surface area is 149 Å². The number of phenols is 1. The second-order valence-electron chi connectivity index (χ2n) is 6.00. The molecule has 5 heteroatoms. The molecule has 0 saturated heterocycles. The van der Waals surface area contributed by atoms with E-state index in [2.05, 4.69) is 4.99 Å². The maximum atomic E-state index is 13.9. The molecule has 1 aliphatic heterocycles. The SMILES string of the molecule is Oc1ccc(-c2ccc(C3=NC(c4c(F)cccc4F)OC3)cc2)cc1. The van der Waals surface area contributed by atoms with E-state index in [4.69, 9.17) is 4.74 Å². The minimum absolute atomic E-state index is 0.164. The summed E-state index contributed by atoms with van der Waals surface area (Å²) in [6.45, 7) is 0.191. The van der Waals surface area contributed by atoms with Gasteiger partial charge in [-0.05, 0) is 41.0 Å². The van der Waals surface area contributed by atoms with E-state index >= 15 is 0 Å². The molecule has 0 radical (unpaired) electrons. The van der Waals surface area contributed by atoms with Gasteiger partial charge in [0.05, 0.1) is 17.9 Å². The molecule has 4 rings (SSSR count). The Hall–Kier alpha value is -3.05. The van der Waals surface area contributed by atoms with Crippen molar-refractivity contribution in [2.45, 2.75) is 6.23 Å². The molecule has 1 N–H and O–H groups in total. The molecule has 26 heavy (non-hydrogen) atoms. The number of aliphatic imine (C=N–C) groups is 1. The number of phenolic OH excluding ortho intramolecular Hbond substituents is 1. The molecular formula is C21H15F2NO2. The molecule has 1 aliphatic rings. The highest BCUT2D eigenvalue weighted by atomic mass is 19.1. The molecule has 0 amide bonds. The number of aromatic hydroxyl groups is 1. The van der Waals surface area contributed by atoms with Crippen LogP contribution in [0.2, 0.25) is 0 Å². The molecule has 0 aliphatic carbocycles. The predicted octanol–water partition coefficient (Wildman–Crippen LogP) is 4.86. The lowest BCUT2D eigenvalue weighted by Crippen LogP contribution is -2.04. The summed E-state index contributed by atoms with van der Waals surface area (Å²) in [5, 5.41) is 9.37. The van der Waals surface area contributed by atoms with Gasteiger partial charge in [0.25, 0.3) is 0 Å². The largest absolute Gasteiger partial charge is 0.508 e. The Morgan fingerprint density at radius 1 is 0.808 bits per heavy atom. The topological polar surface area (TPSA) is 41.8 Å². The fourth-order valence-corrected chi connectivity index (χ4v) is 2.94.